The summed E-state index contributed by atoms with van der Waals surface area (Å²) in [6, 6.07) is 7.98. The normalized spacial score (nSPS) is 11.7. The van der Waals surface area contributed by atoms with Crippen LogP contribution in [-0.4, -0.2) is 42.5 Å². The van der Waals surface area contributed by atoms with Crippen LogP contribution in [0, 0.1) is 0 Å². The van der Waals surface area contributed by atoms with E-state index in [9.17, 15) is 14.4 Å². The highest BCUT2D eigenvalue weighted by atomic mass is 16.4. The molecule has 0 aliphatic carbocycles. The van der Waals surface area contributed by atoms with Crippen LogP contribution in [0.25, 0.3) is 0 Å². The first kappa shape index (κ1) is 19.8. The predicted octanol–water partition coefficient (Wildman–Crippen LogP) is 2.25. The summed E-state index contributed by atoms with van der Waals surface area (Å²) in [5, 5.41) is 22.6. The lowest BCUT2D eigenvalue weighted by Crippen LogP contribution is -2.18. The van der Waals surface area contributed by atoms with E-state index in [-0.39, 0.29) is 16.9 Å². The Morgan fingerprint density at radius 1 is 1.10 bits per heavy atom. The molecule has 0 saturated heterocycles. The van der Waals surface area contributed by atoms with E-state index in [1.165, 1.54) is 28.7 Å². The number of rotatable bonds is 7. The summed E-state index contributed by atoms with van der Waals surface area (Å²) in [5.74, 6) is -2.06. The van der Waals surface area contributed by atoms with Gasteiger partial charge in [0.15, 0.2) is 5.69 Å². The van der Waals surface area contributed by atoms with Gasteiger partial charge in [0.25, 0.3) is 11.8 Å². The second-order valence-corrected chi connectivity index (χ2v) is 6.24. The minimum Gasteiger partial charge on any atom is -0.480 e. The number of benzene rings is 1. The molecule has 1 atom stereocenters. The Balaban J connectivity index is 1.80. The van der Waals surface area contributed by atoms with Crippen molar-refractivity contribution < 1.29 is 19.5 Å². The Bertz CT molecular complexity index is 1040. The van der Waals surface area contributed by atoms with E-state index < -0.39 is 23.8 Å². The summed E-state index contributed by atoms with van der Waals surface area (Å²) in [6.45, 7) is 3.82. The van der Waals surface area contributed by atoms with Gasteiger partial charge in [-0.05, 0) is 26.0 Å². The summed E-state index contributed by atoms with van der Waals surface area (Å²) in [7, 11) is 0. The molecular formula is C19H20N6O4. The monoisotopic (exact) mass is 396 g/mol. The van der Waals surface area contributed by atoms with Crippen molar-refractivity contribution in [3.8, 4) is 0 Å². The molecule has 0 saturated carbocycles. The van der Waals surface area contributed by atoms with E-state index in [0.29, 0.717) is 12.2 Å². The lowest BCUT2D eigenvalue weighted by molar-refractivity contribution is -0.140. The molecule has 1 unspecified atom stereocenters. The molecule has 2 heterocycles. The van der Waals surface area contributed by atoms with Crippen LogP contribution in [0.15, 0.2) is 48.9 Å². The lowest BCUT2D eigenvalue weighted by atomic mass is 10.2. The van der Waals surface area contributed by atoms with Crippen LogP contribution in [0.1, 0.15) is 40.7 Å². The number of carbonyl (C=O) groups excluding carboxylic acids is 2. The molecule has 3 aromatic rings. The molecule has 3 rings (SSSR count). The third-order valence-electron chi connectivity index (χ3n) is 4.20. The van der Waals surface area contributed by atoms with Gasteiger partial charge in [-0.1, -0.05) is 18.2 Å². The minimum atomic E-state index is -1.07. The van der Waals surface area contributed by atoms with Gasteiger partial charge in [0, 0.05) is 24.6 Å². The molecule has 150 valence electrons. The van der Waals surface area contributed by atoms with E-state index >= 15 is 0 Å². The number of nitrogens with zero attached hydrogens (tertiary/aromatic N) is 4. The molecule has 0 spiro atoms. The zero-order chi connectivity index (χ0) is 21.0. The molecule has 0 aliphatic heterocycles. The van der Waals surface area contributed by atoms with Crippen molar-refractivity contribution in [3.63, 3.8) is 0 Å². The third kappa shape index (κ3) is 4.49. The van der Waals surface area contributed by atoms with E-state index in [1.807, 2.05) is 13.0 Å². The zero-order valence-corrected chi connectivity index (χ0v) is 15.9. The van der Waals surface area contributed by atoms with Crippen molar-refractivity contribution in [2.24, 2.45) is 0 Å². The number of hydrogen-bond donors (Lipinski definition) is 3. The van der Waals surface area contributed by atoms with Gasteiger partial charge in [-0.2, -0.15) is 10.2 Å². The smallest absolute Gasteiger partial charge is 0.328 e. The van der Waals surface area contributed by atoms with E-state index in [0.717, 1.165) is 0 Å². The number of nitrogens with one attached hydrogen (secondary N) is 2. The number of aliphatic carboxylic acids is 1. The number of para-hydroxylation sites is 1. The van der Waals surface area contributed by atoms with Crippen molar-refractivity contribution in [2.45, 2.75) is 26.4 Å². The van der Waals surface area contributed by atoms with Crippen LogP contribution in [0.5, 0.6) is 0 Å². The summed E-state index contributed by atoms with van der Waals surface area (Å²) in [4.78, 5) is 36.3. The summed E-state index contributed by atoms with van der Waals surface area (Å²) in [6.07, 6.45) is 4.16. The van der Waals surface area contributed by atoms with Crippen LogP contribution in [0.3, 0.4) is 0 Å². The zero-order valence-electron chi connectivity index (χ0n) is 15.9. The average molecular weight is 396 g/mol. The number of aryl methyl sites for hydroxylation is 1. The molecule has 3 N–H and O–H groups in total. The molecule has 0 radical (unpaired) electrons. The topological polar surface area (TPSA) is 131 Å². The van der Waals surface area contributed by atoms with Gasteiger partial charge < -0.3 is 15.7 Å². The van der Waals surface area contributed by atoms with Gasteiger partial charge >= 0.3 is 5.97 Å². The van der Waals surface area contributed by atoms with E-state index in [4.69, 9.17) is 5.11 Å². The first-order valence-corrected chi connectivity index (χ1v) is 8.91. The highest BCUT2D eigenvalue weighted by molar-refractivity contribution is 6.11. The van der Waals surface area contributed by atoms with Gasteiger partial charge in [-0.3, -0.25) is 19.0 Å². The first-order valence-electron chi connectivity index (χ1n) is 8.91. The molecule has 10 heteroatoms. The number of carboxylic acids is 1. The second-order valence-electron chi connectivity index (χ2n) is 6.24. The van der Waals surface area contributed by atoms with Gasteiger partial charge in [0.2, 0.25) is 0 Å². The van der Waals surface area contributed by atoms with Gasteiger partial charge in [0.05, 0.1) is 17.4 Å². The van der Waals surface area contributed by atoms with Crippen molar-refractivity contribution >= 4 is 29.2 Å². The molecule has 2 aromatic heterocycles. The fraction of sp³-hybridized carbons (Fsp3) is 0.211. The number of carboxylic acid groups (broad SMARTS) is 1. The molecule has 0 aliphatic rings. The van der Waals surface area contributed by atoms with Crippen molar-refractivity contribution in [1.82, 2.24) is 19.6 Å². The van der Waals surface area contributed by atoms with Crippen molar-refractivity contribution in [3.05, 3.63) is 60.2 Å². The second kappa shape index (κ2) is 8.38. The molecular weight excluding hydrogens is 376 g/mol. The minimum absolute atomic E-state index is 0.0651. The first-order chi connectivity index (χ1) is 13.9. The van der Waals surface area contributed by atoms with Gasteiger partial charge in [0.1, 0.15) is 6.04 Å². The Morgan fingerprint density at radius 2 is 1.83 bits per heavy atom. The predicted molar refractivity (Wildman–Crippen MR) is 105 cm³/mol. The lowest BCUT2D eigenvalue weighted by Gasteiger charge is -2.06. The average Bonchev–Trinajstić information content (AvgIpc) is 3.35. The van der Waals surface area contributed by atoms with E-state index in [1.54, 1.807) is 30.5 Å². The van der Waals surface area contributed by atoms with Crippen LogP contribution < -0.4 is 10.6 Å². The Morgan fingerprint density at radius 3 is 2.48 bits per heavy atom. The maximum absolute atomic E-state index is 12.6. The molecule has 1 aromatic carbocycles. The third-order valence-corrected chi connectivity index (χ3v) is 4.20. The standard InChI is InChI=1S/C19H20N6O4/c1-3-24-11-15(16(23-24)18(27)21-14-7-5-4-6-8-14)22-17(26)13-9-20-25(10-13)12(2)19(28)29/h4-12H,3H2,1-2H3,(H,21,27)(H,22,26)(H,28,29). The van der Waals surface area contributed by atoms with Crippen molar-refractivity contribution in [1.29, 1.82) is 0 Å². The number of hydrogen-bond acceptors (Lipinski definition) is 5. The summed E-state index contributed by atoms with van der Waals surface area (Å²) >= 11 is 0. The summed E-state index contributed by atoms with van der Waals surface area (Å²) in [5.41, 5.74) is 1.07. The SMILES string of the molecule is CCn1cc(NC(=O)c2cnn(C(C)C(=O)O)c2)c(C(=O)Nc2ccccc2)n1. The Labute approximate surface area is 166 Å². The maximum Gasteiger partial charge on any atom is 0.328 e. The molecule has 0 bridgehead atoms. The highest BCUT2D eigenvalue weighted by Gasteiger charge is 2.21. The fourth-order valence-electron chi connectivity index (χ4n) is 2.53. The number of anilines is 2. The maximum atomic E-state index is 12.6. The number of aromatic nitrogens is 4. The molecule has 10 nitrogen and oxygen atoms in total. The van der Waals surface area contributed by atoms with Crippen LogP contribution in [0.2, 0.25) is 0 Å². The largest absolute Gasteiger partial charge is 0.480 e. The van der Waals surface area contributed by atoms with Gasteiger partial charge in [-0.25, -0.2) is 4.79 Å². The van der Waals surface area contributed by atoms with Gasteiger partial charge in [-0.15, -0.1) is 0 Å². The quantitative estimate of drug-likeness (QED) is 0.561. The Kier molecular flexibility index (Phi) is 5.72. The molecule has 0 fully saturated rings. The van der Waals surface area contributed by atoms with E-state index in [2.05, 4.69) is 20.8 Å². The summed E-state index contributed by atoms with van der Waals surface area (Å²) < 4.78 is 2.71. The highest BCUT2D eigenvalue weighted by Crippen LogP contribution is 2.18. The van der Waals surface area contributed by atoms with Crippen LogP contribution >= 0.6 is 0 Å². The van der Waals surface area contributed by atoms with Crippen LogP contribution in [-0.2, 0) is 11.3 Å². The fourth-order valence-corrected chi connectivity index (χ4v) is 2.53. The molecule has 2 amide bonds. The number of carbonyl (C=O) groups is 3. The van der Waals surface area contributed by atoms with Crippen molar-refractivity contribution in [2.75, 3.05) is 10.6 Å². The van der Waals surface area contributed by atoms with Crippen LogP contribution in [0.4, 0.5) is 11.4 Å². The Hall–Kier alpha value is -3.95. The number of amides is 2. The molecule has 29 heavy (non-hydrogen) atoms.